The molecule has 0 spiro atoms. The Bertz CT molecular complexity index is 1510. The molecule has 0 rings (SSSR count). The Morgan fingerprint density at radius 3 is 1.08 bits per heavy atom. The van der Waals surface area contributed by atoms with Crippen molar-refractivity contribution in [1.82, 2.24) is 37.2 Å². The quantitative estimate of drug-likeness (QED) is 0.0291. The van der Waals surface area contributed by atoms with Crippen molar-refractivity contribution < 1.29 is 101 Å². The lowest BCUT2D eigenvalue weighted by molar-refractivity contribution is -0.131. The van der Waals surface area contributed by atoms with Gasteiger partial charge in [0.15, 0.2) is 0 Å². The average molecular weight is 1100 g/mol. The van der Waals surface area contributed by atoms with Crippen molar-refractivity contribution >= 4 is 41.4 Å². The second kappa shape index (κ2) is 52.8. The molecule has 0 bridgehead atoms. The summed E-state index contributed by atoms with van der Waals surface area (Å²) in [5.74, 6) is -4.21. The first kappa shape index (κ1) is 69.7. The molecule has 0 aliphatic rings. The molecule has 0 aliphatic heterocycles. The minimum atomic E-state index is -1.17. The van der Waals surface area contributed by atoms with Crippen molar-refractivity contribution in [3.05, 3.63) is 0 Å². The van der Waals surface area contributed by atoms with Gasteiger partial charge < -0.3 is 104 Å². The van der Waals surface area contributed by atoms with E-state index in [9.17, 15) is 33.6 Å². The first-order chi connectivity index (χ1) is 37.3. The number of amides is 7. The van der Waals surface area contributed by atoms with E-state index in [1.807, 2.05) is 20.8 Å². The average Bonchev–Trinajstić information content (AvgIpc) is 3.40. The Hall–Kier alpha value is -4.27. The van der Waals surface area contributed by atoms with E-state index in [4.69, 9.17) is 67.7 Å². The smallest absolute Gasteiger partial charge is 0.245 e. The van der Waals surface area contributed by atoms with Crippen LogP contribution in [0, 0.1) is 5.41 Å². The molecule has 1 atom stereocenters. The number of methoxy groups -OCH3 is 2. The Morgan fingerprint density at radius 1 is 0.368 bits per heavy atom. The molecule has 0 saturated heterocycles. The van der Waals surface area contributed by atoms with Gasteiger partial charge in [0, 0.05) is 40.1 Å². The van der Waals surface area contributed by atoms with E-state index in [2.05, 4.69) is 37.2 Å². The molecule has 7 amide bonds. The first-order valence-corrected chi connectivity index (χ1v) is 25.5. The molecule has 1 unspecified atom stereocenters. The van der Waals surface area contributed by atoms with Gasteiger partial charge >= 0.3 is 0 Å². The molecule has 28 heteroatoms. The molecule has 76 heavy (non-hydrogen) atoms. The fourth-order valence-corrected chi connectivity index (χ4v) is 5.30. The monoisotopic (exact) mass is 1100 g/mol. The third-order valence-corrected chi connectivity index (χ3v) is 9.10. The molecule has 0 heterocycles. The molecule has 28 nitrogen and oxygen atoms in total. The zero-order valence-electron chi connectivity index (χ0n) is 46.4. The number of carbonyl (C=O) groups excluding carboxylic acids is 7. The van der Waals surface area contributed by atoms with Gasteiger partial charge in [0.05, 0.1) is 199 Å². The summed E-state index contributed by atoms with van der Waals surface area (Å²) in [6.07, 6.45) is 0.0911. The van der Waals surface area contributed by atoms with E-state index in [1.54, 1.807) is 7.11 Å². The fourth-order valence-electron chi connectivity index (χ4n) is 5.30. The number of ether oxygens (including phenoxy) is 14. The lowest BCUT2D eigenvalue weighted by Crippen LogP contribution is -2.52. The zero-order valence-corrected chi connectivity index (χ0v) is 45.4. The Balaban J connectivity index is 3.74. The van der Waals surface area contributed by atoms with E-state index in [-0.39, 0.29) is 63.7 Å². The maximum absolute atomic E-state index is 12.7. The maximum atomic E-state index is 12.7. The van der Waals surface area contributed by atoms with E-state index in [1.165, 1.54) is 0 Å². The van der Waals surface area contributed by atoms with Crippen molar-refractivity contribution in [3.8, 4) is 0 Å². The minimum Gasteiger partial charge on any atom is -0.382 e. The molecule has 0 aromatic heterocycles. The molecule has 0 aromatic carbocycles. The summed E-state index contributed by atoms with van der Waals surface area (Å²) in [7, 11) is 1.17. The summed E-state index contributed by atoms with van der Waals surface area (Å²) in [6.45, 7) is 14.7. The Kier molecular flexibility index (Phi) is 48.4. The summed E-state index contributed by atoms with van der Waals surface area (Å²) >= 11 is 0. The largest absolute Gasteiger partial charge is 0.382 e. The summed E-state index contributed by atoms with van der Waals surface area (Å²) in [5.41, 5.74) is -0.0144. The van der Waals surface area contributed by atoms with Gasteiger partial charge in [-0.3, -0.25) is 33.6 Å². The van der Waals surface area contributed by atoms with Gasteiger partial charge in [-0.25, -0.2) is 0 Å². The third-order valence-electron chi connectivity index (χ3n) is 9.10. The highest BCUT2D eigenvalue weighted by atomic mass is 16.6. The lowest BCUT2D eigenvalue weighted by atomic mass is 9.99. The lowest BCUT2D eigenvalue weighted by Gasteiger charge is -2.18. The van der Waals surface area contributed by atoms with Crippen molar-refractivity contribution in [1.29, 1.82) is 0 Å². The highest BCUT2D eigenvalue weighted by Crippen LogP contribution is 2.12. The molecule has 0 radical (unpaired) electrons. The van der Waals surface area contributed by atoms with Gasteiger partial charge in [-0.2, -0.15) is 0 Å². The van der Waals surface area contributed by atoms with Gasteiger partial charge in [0.2, 0.25) is 41.4 Å². The van der Waals surface area contributed by atoms with Crippen LogP contribution in [0.2, 0.25) is 0 Å². The van der Waals surface area contributed by atoms with Crippen LogP contribution in [0.5, 0.6) is 0 Å². The summed E-state index contributed by atoms with van der Waals surface area (Å²) in [4.78, 5) is 85.4. The molecule has 0 aromatic rings. The van der Waals surface area contributed by atoms with Gasteiger partial charge in [0.1, 0.15) is 6.04 Å². The minimum absolute atomic E-state index is 0.0144. The molecule has 7 N–H and O–H groups in total. The number of rotatable bonds is 55. The molecular weight excluding hydrogens is 1010 g/mol. The van der Waals surface area contributed by atoms with Crippen molar-refractivity contribution in [2.24, 2.45) is 5.41 Å². The van der Waals surface area contributed by atoms with Crippen LogP contribution in [-0.2, 0) is 99.9 Å². The van der Waals surface area contributed by atoms with Crippen LogP contribution in [-0.4, -0.2) is 273 Å². The van der Waals surface area contributed by atoms with E-state index >= 15 is 0 Å². The van der Waals surface area contributed by atoms with Crippen LogP contribution in [0.25, 0.3) is 0 Å². The predicted octanol–water partition coefficient (Wildman–Crippen LogP) is -3.51. The van der Waals surface area contributed by atoms with Gasteiger partial charge in [0.25, 0.3) is 0 Å². The SMILES string of the molecule is [2H]COCC(NC(=O)CNC(=O)CNC(=O)CNC(=O)CNC(=O)CCNC(=O)CCOCC(C)(C)C)C(=O)NCCOCCOCCOCCOCCOCCOCCOCCOCCOCCOCCOCCOC. The Morgan fingerprint density at radius 2 is 0.711 bits per heavy atom. The molecule has 0 saturated carbocycles. The van der Waals surface area contributed by atoms with E-state index < -0.39 is 74.7 Å². The maximum Gasteiger partial charge on any atom is 0.245 e. The third kappa shape index (κ3) is 53.1. The van der Waals surface area contributed by atoms with Crippen LogP contribution in [0.3, 0.4) is 0 Å². The van der Waals surface area contributed by atoms with Crippen LogP contribution in [0.4, 0.5) is 0 Å². The van der Waals surface area contributed by atoms with Crippen LogP contribution >= 0.6 is 0 Å². The van der Waals surface area contributed by atoms with Crippen LogP contribution < -0.4 is 37.2 Å². The van der Waals surface area contributed by atoms with Crippen LogP contribution in [0.1, 0.15) is 35.0 Å². The van der Waals surface area contributed by atoms with Gasteiger partial charge in [-0.15, -0.1) is 0 Å². The fraction of sp³-hybridized carbons (Fsp3) is 0.854. The number of carbonyl (C=O) groups is 7. The number of hydrogen-bond donors (Lipinski definition) is 7. The number of nitrogens with one attached hydrogen (secondary N) is 7. The summed E-state index contributed by atoms with van der Waals surface area (Å²) in [5, 5.41) is 16.8. The normalized spacial score (nSPS) is 11.9. The van der Waals surface area contributed by atoms with Gasteiger partial charge in [-0.1, -0.05) is 20.8 Å². The van der Waals surface area contributed by atoms with Crippen molar-refractivity contribution in [2.45, 2.75) is 39.7 Å². The molecule has 444 valence electrons. The highest BCUT2D eigenvalue weighted by Gasteiger charge is 2.21. The second-order valence-electron chi connectivity index (χ2n) is 17.1. The standard InChI is InChI=1S/C48H91N7O21/c1-48(2,3)39-76-10-7-42(57)49-8-6-41(56)51-34-43(58)52-35-44(59)53-36-45(60)54-37-46(61)55-40(38-64-5)47(62)50-9-11-65-14-15-67-18-19-69-22-23-71-26-27-73-30-31-75-33-32-74-29-28-72-25-24-70-21-20-68-17-16-66-13-12-63-4/h40H,6-39H2,1-5H3,(H,49,57)(H,50,62)(H,51,56)(H,52,58)(H,53,59)(H,54,60)(H,55,61)/i5D. The molecular formula is C48H91N7O21. The summed E-state index contributed by atoms with van der Waals surface area (Å²) < 4.78 is 82.5. The second-order valence-corrected chi connectivity index (χ2v) is 17.1. The molecule has 0 aliphatic carbocycles. The van der Waals surface area contributed by atoms with Crippen molar-refractivity contribution in [2.75, 3.05) is 225 Å². The Labute approximate surface area is 449 Å². The summed E-state index contributed by atoms with van der Waals surface area (Å²) in [6, 6.07) is -1.17. The van der Waals surface area contributed by atoms with Crippen LogP contribution in [0.15, 0.2) is 0 Å². The number of hydrogen-bond acceptors (Lipinski definition) is 21. The topological polar surface area (TPSA) is 333 Å². The van der Waals surface area contributed by atoms with Crippen molar-refractivity contribution in [3.63, 3.8) is 0 Å². The van der Waals surface area contributed by atoms with E-state index in [0.29, 0.717) is 145 Å². The first-order valence-electron chi connectivity index (χ1n) is 26.2. The predicted molar refractivity (Wildman–Crippen MR) is 272 cm³/mol. The van der Waals surface area contributed by atoms with Gasteiger partial charge in [-0.05, 0) is 5.41 Å². The highest BCUT2D eigenvalue weighted by molar-refractivity contribution is 5.92. The van der Waals surface area contributed by atoms with E-state index in [0.717, 1.165) is 0 Å². The molecule has 0 fully saturated rings. The zero-order chi connectivity index (χ0) is 56.7.